The van der Waals surface area contributed by atoms with Gasteiger partial charge in [0.25, 0.3) is 5.56 Å². The number of hydrogen-bond acceptors (Lipinski definition) is 6. The van der Waals surface area contributed by atoms with Gasteiger partial charge in [0, 0.05) is 18.0 Å². The third-order valence-corrected chi connectivity index (χ3v) is 4.65. The third-order valence-electron chi connectivity index (χ3n) is 4.65. The van der Waals surface area contributed by atoms with Gasteiger partial charge in [0.15, 0.2) is 5.65 Å². The summed E-state index contributed by atoms with van der Waals surface area (Å²) in [5.74, 6) is 0.991. The van der Waals surface area contributed by atoms with Crippen molar-refractivity contribution in [1.29, 1.82) is 0 Å². The predicted molar refractivity (Wildman–Crippen MR) is 118 cm³/mol. The van der Waals surface area contributed by atoms with Crippen molar-refractivity contribution >= 4 is 22.7 Å². The van der Waals surface area contributed by atoms with Crippen LogP contribution in [0.25, 0.3) is 16.7 Å². The van der Waals surface area contributed by atoms with Crippen molar-refractivity contribution in [2.75, 3.05) is 5.32 Å². The molecule has 8 heteroatoms. The lowest BCUT2D eigenvalue weighted by Gasteiger charge is -2.10. The highest BCUT2D eigenvalue weighted by atomic mass is 16.5. The Morgan fingerprint density at radius 1 is 1.00 bits per heavy atom. The SMILES string of the molecule is O=c1[nH]c(Nc2cccc(OCc3ccccn3)c2)nc2c1cnn2-c1ccccc1. The molecule has 5 rings (SSSR count). The number of aromatic amines is 1. The summed E-state index contributed by atoms with van der Waals surface area (Å²) in [5, 5.41) is 7.88. The van der Waals surface area contributed by atoms with Gasteiger partial charge in [-0.2, -0.15) is 10.1 Å². The largest absolute Gasteiger partial charge is 0.487 e. The number of rotatable bonds is 6. The van der Waals surface area contributed by atoms with Crippen molar-refractivity contribution in [1.82, 2.24) is 24.7 Å². The summed E-state index contributed by atoms with van der Waals surface area (Å²) < 4.78 is 7.46. The number of benzene rings is 2. The van der Waals surface area contributed by atoms with Crippen LogP contribution in [0.3, 0.4) is 0 Å². The Morgan fingerprint density at radius 2 is 1.87 bits per heavy atom. The first-order valence-electron chi connectivity index (χ1n) is 9.69. The van der Waals surface area contributed by atoms with Gasteiger partial charge in [0.1, 0.15) is 17.7 Å². The van der Waals surface area contributed by atoms with E-state index < -0.39 is 0 Å². The van der Waals surface area contributed by atoms with Gasteiger partial charge in [0.05, 0.1) is 17.6 Å². The Balaban J connectivity index is 1.41. The average Bonchev–Trinajstić information content (AvgIpc) is 3.24. The molecule has 0 unspecified atom stereocenters. The van der Waals surface area contributed by atoms with Gasteiger partial charge in [-0.15, -0.1) is 0 Å². The van der Waals surface area contributed by atoms with Crippen molar-refractivity contribution in [3.8, 4) is 11.4 Å². The quantitative estimate of drug-likeness (QED) is 0.442. The topological polar surface area (TPSA) is 97.7 Å². The number of fused-ring (bicyclic) bond motifs is 1. The van der Waals surface area contributed by atoms with E-state index >= 15 is 0 Å². The number of aromatic nitrogens is 5. The molecule has 0 aliphatic rings. The average molecular weight is 410 g/mol. The van der Waals surface area contributed by atoms with Crippen LogP contribution in [0, 0.1) is 0 Å². The van der Waals surface area contributed by atoms with Crippen molar-refractivity contribution in [3.05, 3.63) is 101 Å². The van der Waals surface area contributed by atoms with Crippen molar-refractivity contribution in [2.45, 2.75) is 6.61 Å². The van der Waals surface area contributed by atoms with Gasteiger partial charge >= 0.3 is 0 Å². The molecule has 8 nitrogen and oxygen atoms in total. The maximum absolute atomic E-state index is 12.5. The second kappa shape index (κ2) is 8.11. The van der Waals surface area contributed by atoms with E-state index in [0.29, 0.717) is 29.3 Å². The van der Waals surface area contributed by atoms with Crippen LogP contribution >= 0.6 is 0 Å². The van der Waals surface area contributed by atoms with Crippen LogP contribution in [0.5, 0.6) is 5.75 Å². The van der Waals surface area contributed by atoms with Gasteiger partial charge in [-0.3, -0.25) is 14.8 Å². The Kier molecular flexibility index (Phi) is 4.86. The summed E-state index contributed by atoms with van der Waals surface area (Å²) >= 11 is 0. The maximum Gasteiger partial charge on any atom is 0.263 e. The Bertz CT molecular complexity index is 1380. The number of pyridine rings is 1. The molecular formula is C23H18N6O2. The number of nitrogens with one attached hydrogen (secondary N) is 2. The molecule has 0 aliphatic carbocycles. The molecule has 152 valence electrons. The molecule has 0 aliphatic heterocycles. The van der Waals surface area contributed by atoms with E-state index in [2.05, 4.69) is 25.4 Å². The minimum atomic E-state index is -0.266. The van der Waals surface area contributed by atoms with E-state index in [9.17, 15) is 4.79 Å². The van der Waals surface area contributed by atoms with Crippen molar-refractivity contribution in [3.63, 3.8) is 0 Å². The Morgan fingerprint density at radius 3 is 2.71 bits per heavy atom. The first-order valence-corrected chi connectivity index (χ1v) is 9.69. The van der Waals surface area contributed by atoms with Gasteiger partial charge < -0.3 is 10.1 Å². The third kappa shape index (κ3) is 3.99. The molecule has 0 atom stereocenters. The Labute approximate surface area is 177 Å². The fraction of sp³-hybridized carbons (Fsp3) is 0.0435. The number of H-pyrrole nitrogens is 1. The molecule has 31 heavy (non-hydrogen) atoms. The Hall–Kier alpha value is -4.46. The molecule has 3 heterocycles. The molecule has 0 bridgehead atoms. The lowest BCUT2D eigenvalue weighted by Crippen LogP contribution is -2.11. The minimum absolute atomic E-state index is 0.266. The highest BCUT2D eigenvalue weighted by molar-refractivity contribution is 5.76. The van der Waals surface area contributed by atoms with Crippen LogP contribution in [0.1, 0.15) is 5.69 Å². The lowest BCUT2D eigenvalue weighted by molar-refractivity contribution is 0.301. The summed E-state index contributed by atoms with van der Waals surface area (Å²) in [6.07, 6.45) is 3.25. The van der Waals surface area contributed by atoms with Gasteiger partial charge in [-0.25, -0.2) is 4.68 Å². The van der Waals surface area contributed by atoms with Crippen LogP contribution in [0.4, 0.5) is 11.6 Å². The normalized spacial score (nSPS) is 10.8. The van der Waals surface area contributed by atoms with Crippen molar-refractivity contribution in [2.24, 2.45) is 0 Å². The lowest BCUT2D eigenvalue weighted by atomic mass is 10.3. The zero-order valence-electron chi connectivity index (χ0n) is 16.4. The molecule has 0 saturated carbocycles. The van der Waals surface area contributed by atoms with E-state index in [1.165, 1.54) is 6.20 Å². The number of nitrogens with zero attached hydrogens (tertiary/aromatic N) is 4. The molecule has 0 spiro atoms. The van der Waals surface area contributed by atoms with Gasteiger partial charge in [-0.1, -0.05) is 30.3 Å². The summed E-state index contributed by atoms with van der Waals surface area (Å²) in [5.41, 5.74) is 2.60. The summed E-state index contributed by atoms with van der Waals surface area (Å²) in [4.78, 5) is 24.1. The second-order valence-corrected chi connectivity index (χ2v) is 6.81. The van der Waals surface area contributed by atoms with Crippen LogP contribution in [-0.4, -0.2) is 24.7 Å². The molecule has 0 saturated heterocycles. The van der Waals surface area contributed by atoms with Gasteiger partial charge in [0.2, 0.25) is 5.95 Å². The molecule has 0 radical (unpaired) electrons. The minimum Gasteiger partial charge on any atom is -0.487 e. The van der Waals surface area contributed by atoms with Gasteiger partial charge in [-0.05, 0) is 36.4 Å². The molecule has 5 aromatic rings. The monoisotopic (exact) mass is 410 g/mol. The van der Waals surface area contributed by atoms with E-state index in [4.69, 9.17) is 4.74 Å². The second-order valence-electron chi connectivity index (χ2n) is 6.81. The summed E-state index contributed by atoms with van der Waals surface area (Å²) in [6.45, 7) is 0.363. The van der Waals surface area contributed by atoms with E-state index in [0.717, 1.165) is 17.1 Å². The highest BCUT2D eigenvalue weighted by Gasteiger charge is 2.12. The van der Waals surface area contributed by atoms with Crippen LogP contribution in [0.2, 0.25) is 0 Å². The fourth-order valence-electron chi connectivity index (χ4n) is 3.18. The molecular weight excluding hydrogens is 392 g/mol. The standard InChI is InChI=1S/C23H18N6O2/c30-22-20-14-25-29(18-9-2-1-3-10-18)21(20)27-23(28-22)26-16-8-6-11-19(13-16)31-15-17-7-4-5-12-24-17/h1-14H,15H2,(H2,26,27,28,30). The number of anilines is 2. The van der Waals surface area contributed by atoms with E-state index in [1.807, 2.05) is 72.8 Å². The number of para-hydroxylation sites is 1. The zero-order chi connectivity index (χ0) is 21.0. The summed E-state index contributed by atoms with van der Waals surface area (Å²) in [7, 11) is 0. The maximum atomic E-state index is 12.5. The molecule has 2 aromatic carbocycles. The first kappa shape index (κ1) is 18.6. The summed E-state index contributed by atoms with van der Waals surface area (Å²) in [6, 6.07) is 22.7. The molecule has 2 N–H and O–H groups in total. The van der Waals surface area contributed by atoms with Crippen LogP contribution in [0.15, 0.2) is 90.0 Å². The molecule has 0 fully saturated rings. The van der Waals surface area contributed by atoms with Crippen molar-refractivity contribution < 1.29 is 4.74 Å². The predicted octanol–water partition coefficient (Wildman–Crippen LogP) is 3.83. The molecule has 3 aromatic heterocycles. The van der Waals surface area contributed by atoms with Crippen LogP contribution < -0.4 is 15.6 Å². The zero-order valence-corrected chi connectivity index (χ0v) is 16.4. The smallest absolute Gasteiger partial charge is 0.263 e. The number of ether oxygens (including phenoxy) is 1. The van der Waals surface area contributed by atoms with Crippen LogP contribution in [-0.2, 0) is 6.61 Å². The number of hydrogen-bond donors (Lipinski definition) is 2. The fourth-order valence-corrected chi connectivity index (χ4v) is 3.18. The van der Waals surface area contributed by atoms with E-state index in [1.54, 1.807) is 10.9 Å². The molecule has 0 amide bonds. The van der Waals surface area contributed by atoms with E-state index in [-0.39, 0.29) is 5.56 Å². The first-order chi connectivity index (χ1) is 15.3. The highest BCUT2D eigenvalue weighted by Crippen LogP contribution is 2.21.